The van der Waals surface area contributed by atoms with Gasteiger partial charge in [-0.25, -0.2) is 9.97 Å². The van der Waals surface area contributed by atoms with Crippen LogP contribution in [-0.2, 0) is 0 Å². The first-order valence-corrected chi connectivity index (χ1v) is 5.18. The van der Waals surface area contributed by atoms with Crippen LogP contribution in [0.15, 0.2) is 24.8 Å². The summed E-state index contributed by atoms with van der Waals surface area (Å²) in [5.41, 5.74) is 0.944. The number of hydrogen-bond acceptors (Lipinski definition) is 4. The number of fused-ring (bicyclic) bond motifs is 1. The van der Waals surface area contributed by atoms with Crippen LogP contribution < -0.4 is 10.2 Å². The van der Waals surface area contributed by atoms with Gasteiger partial charge in [0.15, 0.2) is 11.5 Å². The molecule has 1 aliphatic rings. The van der Waals surface area contributed by atoms with Crippen molar-refractivity contribution >= 4 is 36.3 Å². The highest BCUT2D eigenvalue weighted by atomic mass is 35.5. The average Bonchev–Trinajstić information content (AvgIpc) is 2.78. The van der Waals surface area contributed by atoms with Gasteiger partial charge in [0.1, 0.15) is 0 Å². The SMILES string of the molecule is Cl.Cl.O.c1cn2ccnc2c(N2CCNCC2)n1. The Bertz CT molecular complexity index is 472. The maximum absolute atomic E-state index is 4.42. The fourth-order valence-electron chi connectivity index (χ4n) is 1.94. The molecular weight excluding hydrogens is 277 g/mol. The van der Waals surface area contributed by atoms with Gasteiger partial charge in [-0.3, -0.25) is 0 Å². The lowest BCUT2D eigenvalue weighted by Gasteiger charge is -2.28. The first kappa shape index (κ1) is 16.9. The Morgan fingerprint density at radius 3 is 2.28 bits per heavy atom. The molecule has 0 amide bonds. The number of rotatable bonds is 1. The molecule has 3 N–H and O–H groups in total. The van der Waals surface area contributed by atoms with Crippen molar-refractivity contribution in [3.05, 3.63) is 24.8 Å². The van der Waals surface area contributed by atoms with Gasteiger partial charge in [-0.1, -0.05) is 0 Å². The van der Waals surface area contributed by atoms with Gasteiger partial charge in [0.2, 0.25) is 0 Å². The van der Waals surface area contributed by atoms with E-state index in [2.05, 4.69) is 20.2 Å². The van der Waals surface area contributed by atoms with Crippen molar-refractivity contribution in [2.24, 2.45) is 0 Å². The Morgan fingerprint density at radius 2 is 1.61 bits per heavy atom. The molecule has 0 aliphatic carbocycles. The highest BCUT2D eigenvalue weighted by Crippen LogP contribution is 2.16. The second-order valence-corrected chi connectivity index (χ2v) is 3.65. The van der Waals surface area contributed by atoms with Crippen LogP contribution in [0.25, 0.3) is 5.65 Å². The minimum atomic E-state index is 0. The Labute approximate surface area is 118 Å². The standard InChI is InChI=1S/C10H13N5.2ClH.H2O/c1-5-14(6-2-11-1)9-10-13-4-8-15(10)7-3-12-9;;;/h3-4,7-8,11H,1-2,5-6H2;2*1H;1H2. The molecule has 6 nitrogen and oxygen atoms in total. The third-order valence-electron chi connectivity index (χ3n) is 2.71. The van der Waals surface area contributed by atoms with E-state index < -0.39 is 0 Å². The van der Waals surface area contributed by atoms with Crippen molar-refractivity contribution < 1.29 is 5.48 Å². The predicted molar refractivity (Wildman–Crippen MR) is 76.2 cm³/mol. The lowest BCUT2D eigenvalue weighted by molar-refractivity contribution is 0.585. The van der Waals surface area contributed by atoms with Crippen molar-refractivity contribution in [1.29, 1.82) is 0 Å². The molecular formula is C10H17Cl2N5O. The van der Waals surface area contributed by atoms with Crippen LogP contribution in [-0.4, -0.2) is 46.0 Å². The largest absolute Gasteiger partial charge is 0.412 e. The summed E-state index contributed by atoms with van der Waals surface area (Å²) < 4.78 is 2.00. The number of piperazine rings is 1. The molecule has 1 aliphatic heterocycles. The molecule has 0 spiro atoms. The van der Waals surface area contributed by atoms with Crippen LogP contribution in [0.3, 0.4) is 0 Å². The average molecular weight is 294 g/mol. The summed E-state index contributed by atoms with van der Waals surface area (Å²) in [6.45, 7) is 4.03. The van der Waals surface area contributed by atoms with E-state index >= 15 is 0 Å². The minimum absolute atomic E-state index is 0. The molecule has 0 unspecified atom stereocenters. The minimum Gasteiger partial charge on any atom is -0.412 e. The van der Waals surface area contributed by atoms with E-state index in [-0.39, 0.29) is 30.3 Å². The maximum Gasteiger partial charge on any atom is 0.180 e. The van der Waals surface area contributed by atoms with Gasteiger partial charge in [0, 0.05) is 51.0 Å². The Kier molecular flexibility index (Phi) is 6.93. The molecule has 0 aromatic carbocycles. The Morgan fingerprint density at radius 1 is 1.00 bits per heavy atom. The fourth-order valence-corrected chi connectivity index (χ4v) is 1.94. The summed E-state index contributed by atoms with van der Waals surface area (Å²) in [6, 6.07) is 0. The summed E-state index contributed by atoms with van der Waals surface area (Å²) in [6.07, 6.45) is 7.51. The van der Waals surface area contributed by atoms with Crippen molar-refractivity contribution in [3.8, 4) is 0 Å². The number of imidazole rings is 1. The third-order valence-corrected chi connectivity index (χ3v) is 2.71. The van der Waals surface area contributed by atoms with Crippen LogP contribution in [0.4, 0.5) is 5.82 Å². The monoisotopic (exact) mass is 293 g/mol. The van der Waals surface area contributed by atoms with Crippen LogP contribution in [0.5, 0.6) is 0 Å². The van der Waals surface area contributed by atoms with Gasteiger partial charge in [0.05, 0.1) is 0 Å². The zero-order chi connectivity index (χ0) is 10.1. The van der Waals surface area contributed by atoms with E-state index in [4.69, 9.17) is 0 Å². The molecule has 3 heterocycles. The normalized spacial score (nSPS) is 14.3. The summed E-state index contributed by atoms with van der Waals surface area (Å²) in [7, 11) is 0. The number of nitrogens with zero attached hydrogens (tertiary/aromatic N) is 4. The van der Waals surface area contributed by atoms with E-state index in [1.807, 2.05) is 29.2 Å². The van der Waals surface area contributed by atoms with Crippen molar-refractivity contribution in [3.63, 3.8) is 0 Å². The van der Waals surface area contributed by atoms with Crippen molar-refractivity contribution in [2.75, 3.05) is 31.1 Å². The molecule has 0 radical (unpaired) electrons. The lowest BCUT2D eigenvalue weighted by atomic mass is 10.3. The molecule has 8 heteroatoms. The Balaban J connectivity index is 0.000000963. The van der Waals surface area contributed by atoms with Gasteiger partial charge >= 0.3 is 0 Å². The molecule has 1 saturated heterocycles. The van der Waals surface area contributed by atoms with Crippen molar-refractivity contribution in [2.45, 2.75) is 0 Å². The topological polar surface area (TPSA) is 77.0 Å². The smallest absolute Gasteiger partial charge is 0.180 e. The molecule has 18 heavy (non-hydrogen) atoms. The molecule has 102 valence electrons. The molecule has 0 atom stereocenters. The summed E-state index contributed by atoms with van der Waals surface area (Å²) in [5.74, 6) is 0.990. The highest BCUT2D eigenvalue weighted by molar-refractivity contribution is 5.85. The van der Waals surface area contributed by atoms with Crippen LogP contribution in [0.1, 0.15) is 0 Å². The number of nitrogens with one attached hydrogen (secondary N) is 1. The first-order valence-electron chi connectivity index (χ1n) is 5.18. The fraction of sp³-hybridized carbons (Fsp3) is 0.400. The van der Waals surface area contributed by atoms with Crippen LogP contribution in [0.2, 0.25) is 0 Å². The highest BCUT2D eigenvalue weighted by Gasteiger charge is 2.14. The Hall–Kier alpha value is -1.08. The van der Waals surface area contributed by atoms with E-state index in [0.717, 1.165) is 37.6 Å². The van der Waals surface area contributed by atoms with Gasteiger partial charge in [-0.05, 0) is 0 Å². The lowest BCUT2D eigenvalue weighted by Crippen LogP contribution is -2.44. The number of halogens is 2. The van der Waals surface area contributed by atoms with Gasteiger partial charge in [-0.2, -0.15) is 0 Å². The van der Waals surface area contributed by atoms with E-state index in [0.29, 0.717) is 0 Å². The number of hydrogen-bond donors (Lipinski definition) is 1. The molecule has 2 aromatic heterocycles. The molecule has 2 aromatic rings. The van der Waals surface area contributed by atoms with Gasteiger partial charge in [-0.15, -0.1) is 24.8 Å². The zero-order valence-corrected chi connectivity index (χ0v) is 11.4. The second kappa shape index (κ2) is 7.38. The summed E-state index contributed by atoms with van der Waals surface area (Å²) in [4.78, 5) is 11.0. The molecule has 0 saturated carbocycles. The van der Waals surface area contributed by atoms with E-state index in [9.17, 15) is 0 Å². The third kappa shape index (κ3) is 3.02. The predicted octanol–water partition coefficient (Wildman–Crippen LogP) is 0.158. The van der Waals surface area contributed by atoms with Gasteiger partial charge in [0.25, 0.3) is 0 Å². The molecule has 0 bridgehead atoms. The number of aromatic nitrogens is 3. The van der Waals surface area contributed by atoms with Crippen LogP contribution in [0, 0.1) is 0 Å². The zero-order valence-electron chi connectivity index (χ0n) is 9.74. The molecule has 1 fully saturated rings. The summed E-state index contributed by atoms with van der Waals surface area (Å²) >= 11 is 0. The molecule has 3 rings (SSSR count). The quantitative estimate of drug-likeness (QED) is 0.812. The van der Waals surface area contributed by atoms with E-state index in [1.54, 1.807) is 0 Å². The second-order valence-electron chi connectivity index (χ2n) is 3.65. The maximum atomic E-state index is 4.42. The first-order chi connectivity index (χ1) is 7.45. The van der Waals surface area contributed by atoms with Gasteiger partial charge < -0.3 is 20.1 Å². The summed E-state index contributed by atoms with van der Waals surface area (Å²) in [5, 5.41) is 3.33. The van der Waals surface area contributed by atoms with Crippen molar-refractivity contribution in [1.82, 2.24) is 19.7 Å². The van der Waals surface area contributed by atoms with Crippen LogP contribution >= 0.6 is 24.8 Å². The van der Waals surface area contributed by atoms with E-state index in [1.165, 1.54) is 0 Å². The number of anilines is 1.